The summed E-state index contributed by atoms with van der Waals surface area (Å²) in [5, 5.41) is 0. The van der Waals surface area contributed by atoms with E-state index >= 15 is 0 Å². The Balaban J connectivity index is 1.97. The summed E-state index contributed by atoms with van der Waals surface area (Å²) in [6, 6.07) is 11.8. The highest BCUT2D eigenvalue weighted by molar-refractivity contribution is 14.1. The van der Waals surface area contributed by atoms with E-state index in [2.05, 4.69) is 32.6 Å². The highest BCUT2D eigenvalue weighted by Gasteiger charge is 2.50. The zero-order valence-electron chi connectivity index (χ0n) is 16.8. The Kier molecular flexibility index (Phi) is 5.38. The van der Waals surface area contributed by atoms with Crippen LogP contribution in [-0.4, -0.2) is 39.7 Å². The Labute approximate surface area is 191 Å². The van der Waals surface area contributed by atoms with E-state index in [0.717, 1.165) is 6.29 Å². The quantitative estimate of drug-likeness (QED) is 0.236. The van der Waals surface area contributed by atoms with Gasteiger partial charge in [-0.05, 0) is 42.3 Å². The van der Waals surface area contributed by atoms with Gasteiger partial charge in [0.25, 0.3) is 5.91 Å². The van der Waals surface area contributed by atoms with E-state index in [1.165, 1.54) is 11.1 Å². The number of halogens is 2. The van der Waals surface area contributed by atoms with Crippen molar-refractivity contribution in [1.82, 2.24) is 14.5 Å². The molecule has 2 atom stereocenters. The Bertz CT molecular complexity index is 1220. The summed E-state index contributed by atoms with van der Waals surface area (Å²) in [6.45, 7) is 1.93. The number of hydrogen-bond donors (Lipinski definition) is 1. The van der Waals surface area contributed by atoms with E-state index in [0.29, 0.717) is 27.9 Å². The van der Waals surface area contributed by atoms with Crippen molar-refractivity contribution >= 4 is 40.7 Å². The molecular weight excluding hydrogens is 512 g/mol. The molecule has 3 aromatic rings. The van der Waals surface area contributed by atoms with E-state index in [4.69, 9.17) is 5.73 Å². The Morgan fingerprint density at radius 3 is 2.58 bits per heavy atom. The summed E-state index contributed by atoms with van der Waals surface area (Å²) in [7, 11) is 1.55. The number of likely N-dealkylation sites (N-methyl/N-ethyl adjacent to an activating group) is 1. The number of rotatable bonds is 5. The zero-order valence-corrected chi connectivity index (χ0v) is 18.9. The number of aromatic nitrogens is 2. The molecule has 1 aliphatic rings. The lowest BCUT2D eigenvalue weighted by atomic mass is 9.83. The first-order valence-corrected chi connectivity index (χ1v) is 10.7. The molecule has 0 saturated carbocycles. The molecule has 0 fully saturated rings. The SMILES string of the molecule is CC(I)n1cc(C2(c3cccc(-c4cccnc4F)c3)N=C(N)N(C)C2=O)cc1C=O. The number of aliphatic imine (C=N–C) groups is 1. The maximum absolute atomic E-state index is 14.3. The van der Waals surface area contributed by atoms with Gasteiger partial charge in [-0.25, -0.2) is 9.98 Å². The maximum Gasteiger partial charge on any atom is 0.266 e. The highest BCUT2D eigenvalue weighted by Crippen LogP contribution is 2.42. The fourth-order valence-electron chi connectivity index (χ4n) is 3.79. The molecule has 3 heterocycles. The van der Waals surface area contributed by atoms with Crippen LogP contribution in [0.4, 0.5) is 4.39 Å². The van der Waals surface area contributed by atoms with Crippen LogP contribution in [0.15, 0.2) is 59.9 Å². The molecule has 2 unspecified atom stereocenters. The largest absolute Gasteiger partial charge is 0.369 e. The van der Waals surface area contributed by atoms with Gasteiger partial charge in [0.1, 0.15) is 0 Å². The van der Waals surface area contributed by atoms with Crippen molar-refractivity contribution in [1.29, 1.82) is 0 Å². The van der Waals surface area contributed by atoms with Crippen molar-refractivity contribution in [3.8, 4) is 11.1 Å². The van der Waals surface area contributed by atoms with Crippen molar-refractivity contribution in [2.75, 3.05) is 7.05 Å². The average Bonchev–Trinajstić information content (AvgIpc) is 3.30. The van der Waals surface area contributed by atoms with Crippen LogP contribution in [0.25, 0.3) is 11.1 Å². The number of nitrogens with zero attached hydrogens (tertiary/aromatic N) is 4. The second-order valence-corrected chi connectivity index (χ2v) is 9.02. The first kappa shape index (κ1) is 21.2. The second-order valence-electron chi connectivity index (χ2n) is 7.22. The van der Waals surface area contributed by atoms with Crippen LogP contribution in [0.5, 0.6) is 0 Å². The number of carbonyl (C=O) groups excluding carboxylic acids is 2. The van der Waals surface area contributed by atoms with Gasteiger partial charge in [-0.3, -0.25) is 14.5 Å². The van der Waals surface area contributed by atoms with E-state index in [1.54, 1.807) is 60.3 Å². The van der Waals surface area contributed by atoms with Crippen LogP contribution in [0.1, 0.15) is 32.6 Å². The van der Waals surface area contributed by atoms with Crippen molar-refractivity contribution in [2.45, 2.75) is 16.5 Å². The van der Waals surface area contributed by atoms with Crippen LogP contribution in [0.2, 0.25) is 0 Å². The summed E-state index contributed by atoms with van der Waals surface area (Å²) < 4.78 is 16.1. The average molecular weight is 531 g/mol. The highest BCUT2D eigenvalue weighted by atomic mass is 127. The second kappa shape index (κ2) is 7.88. The summed E-state index contributed by atoms with van der Waals surface area (Å²) >= 11 is 2.18. The normalized spacial score (nSPS) is 19.4. The molecule has 31 heavy (non-hydrogen) atoms. The summed E-state index contributed by atoms with van der Waals surface area (Å²) in [6.07, 6.45) is 3.86. The fraction of sp³-hybridized carbons (Fsp3) is 0.182. The van der Waals surface area contributed by atoms with Gasteiger partial charge in [0.2, 0.25) is 5.95 Å². The first-order chi connectivity index (χ1) is 14.8. The third kappa shape index (κ3) is 3.32. The molecule has 1 aromatic carbocycles. The molecule has 9 heteroatoms. The number of benzene rings is 1. The maximum atomic E-state index is 14.3. The standard InChI is InChI=1S/C22H19FIN5O2/c1-13(24)29-11-16(10-17(29)12-30)22(20(31)28(2)21(25)27-22)15-6-3-5-14(9-15)18-7-4-8-26-19(18)23/h3-13H,1-2H3,(H2,25,27). The molecular formula is C22H19FIN5O2. The predicted molar refractivity (Wildman–Crippen MR) is 123 cm³/mol. The number of amides is 1. The monoisotopic (exact) mass is 531 g/mol. The van der Waals surface area contributed by atoms with Crippen LogP contribution in [-0.2, 0) is 10.3 Å². The molecule has 158 valence electrons. The van der Waals surface area contributed by atoms with Gasteiger partial charge in [0.15, 0.2) is 17.8 Å². The number of guanidine groups is 1. The molecule has 0 saturated heterocycles. The number of carbonyl (C=O) groups is 2. The molecule has 2 aromatic heterocycles. The number of nitrogens with two attached hydrogens (primary N) is 1. The van der Waals surface area contributed by atoms with Gasteiger partial charge in [-0.2, -0.15) is 4.39 Å². The molecule has 1 amide bonds. The number of pyridine rings is 1. The van der Waals surface area contributed by atoms with Crippen LogP contribution >= 0.6 is 22.6 Å². The number of hydrogen-bond acceptors (Lipinski definition) is 5. The van der Waals surface area contributed by atoms with Gasteiger partial charge >= 0.3 is 0 Å². The lowest BCUT2D eigenvalue weighted by Gasteiger charge is -2.25. The van der Waals surface area contributed by atoms with Crippen LogP contribution in [0.3, 0.4) is 0 Å². The molecule has 0 bridgehead atoms. The molecule has 1 aliphatic heterocycles. The number of alkyl halides is 1. The minimum absolute atomic E-state index is 0.0324. The first-order valence-electron chi connectivity index (χ1n) is 9.46. The predicted octanol–water partition coefficient (Wildman–Crippen LogP) is 3.49. The molecule has 7 nitrogen and oxygen atoms in total. The van der Waals surface area contributed by atoms with Crippen molar-refractivity contribution in [2.24, 2.45) is 10.7 Å². The van der Waals surface area contributed by atoms with E-state index in [9.17, 15) is 14.0 Å². The smallest absolute Gasteiger partial charge is 0.266 e. The molecule has 2 N–H and O–H groups in total. The summed E-state index contributed by atoms with van der Waals surface area (Å²) in [5.41, 5.74) is 6.86. The lowest BCUT2D eigenvalue weighted by Crippen LogP contribution is -2.41. The van der Waals surface area contributed by atoms with Gasteiger partial charge in [-0.15, -0.1) is 0 Å². The van der Waals surface area contributed by atoms with Crippen LogP contribution in [0, 0.1) is 5.95 Å². The lowest BCUT2D eigenvalue weighted by molar-refractivity contribution is -0.129. The van der Waals surface area contributed by atoms with Crippen molar-refractivity contribution < 1.29 is 14.0 Å². The Morgan fingerprint density at radius 2 is 2.00 bits per heavy atom. The van der Waals surface area contributed by atoms with Crippen LogP contribution < -0.4 is 5.73 Å². The van der Waals surface area contributed by atoms with Gasteiger partial charge in [0, 0.05) is 30.6 Å². The molecule has 0 aliphatic carbocycles. The number of aldehydes is 1. The van der Waals surface area contributed by atoms with Gasteiger partial charge in [-0.1, -0.05) is 40.8 Å². The van der Waals surface area contributed by atoms with E-state index in [1.807, 2.05) is 6.92 Å². The van der Waals surface area contributed by atoms with Gasteiger partial charge in [0.05, 0.1) is 9.74 Å². The Morgan fingerprint density at radius 1 is 1.23 bits per heavy atom. The topological polar surface area (TPSA) is 93.6 Å². The Hall–Kier alpha value is -3.08. The minimum atomic E-state index is -1.48. The van der Waals surface area contributed by atoms with Crippen molar-refractivity contribution in [3.05, 3.63) is 77.6 Å². The fourth-order valence-corrected chi connectivity index (χ4v) is 4.28. The summed E-state index contributed by atoms with van der Waals surface area (Å²) in [5.74, 6) is -0.907. The van der Waals surface area contributed by atoms with Crippen molar-refractivity contribution in [3.63, 3.8) is 0 Å². The van der Waals surface area contributed by atoms with E-state index in [-0.39, 0.29) is 15.9 Å². The molecule has 4 rings (SSSR count). The molecule has 0 radical (unpaired) electrons. The third-order valence-electron chi connectivity index (χ3n) is 5.39. The summed E-state index contributed by atoms with van der Waals surface area (Å²) in [4.78, 5) is 34.7. The third-order valence-corrected chi connectivity index (χ3v) is 5.99. The molecule has 0 spiro atoms. The zero-order chi connectivity index (χ0) is 22.3. The van der Waals surface area contributed by atoms with Gasteiger partial charge < -0.3 is 10.3 Å². The minimum Gasteiger partial charge on any atom is -0.369 e. The van der Waals surface area contributed by atoms with E-state index < -0.39 is 11.5 Å².